The Morgan fingerprint density at radius 1 is 1.22 bits per heavy atom. The van der Waals surface area contributed by atoms with E-state index in [-0.39, 0.29) is 16.3 Å². The van der Waals surface area contributed by atoms with Crippen LogP contribution in [-0.4, -0.2) is 16.8 Å². The van der Waals surface area contributed by atoms with Crippen molar-refractivity contribution in [2.24, 2.45) is 5.73 Å². The number of rotatable bonds is 5. The maximum atomic E-state index is 13.8. The number of aromatic nitrogens is 1. The van der Waals surface area contributed by atoms with E-state index in [2.05, 4.69) is 11.9 Å². The van der Waals surface area contributed by atoms with Crippen molar-refractivity contribution in [2.75, 3.05) is 5.88 Å². The minimum absolute atomic E-state index is 0.208. The number of unbranched alkanes of at least 4 members (excludes halogenated alkanes) is 2. The lowest BCUT2D eigenvalue weighted by Gasteiger charge is -2.07. The fraction of sp³-hybridized carbons (Fsp3) is 0.294. The molecule has 0 atom stereocenters. The van der Waals surface area contributed by atoms with Gasteiger partial charge in [0.25, 0.3) is 0 Å². The van der Waals surface area contributed by atoms with Crippen LogP contribution in [0.2, 0.25) is 5.15 Å². The quantitative estimate of drug-likeness (QED) is 0.462. The molecule has 1 heterocycles. The zero-order valence-corrected chi connectivity index (χ0v) is 14.4. The number of halogens is 3. The van der Waals surface area contributed by atoms with Gasteiger partial charge in [0.2, 0.25) is 5.91 Å². The van der Waals surface area contributed by atoms with Crippen LogP contribution in [0.3, 0.4) is 0 Å². The number of carbonyl (C=O) groups is 1. The van der Waals surface area contributed by atoms with Crippen LogP contribution >= 0.6 is 23.2 Å². The van der Waals surface area contributed by atoms with E-state index in [1.807, 2.05) is 0 Å². The van der Waals surface area contributed by atoms with E-state index in [1.54, 1.807) is 18.2 Å². The van der Waals surface area contributed by atoms with Gasteiger partial charge in [-0.1, -0.05) is 49.6 Å². The van der Waals surface area contributed by atoms with Crippen molar-refractivity contribution >= 4 is 29.1 Å². The summed E-state index contributed by atoms with van der Waals surface area (Å²) in [6, 6.07) is 7.93. The minimum atomic E-state index is -0.664. The SMILES string of the molecule is CCCCCCl.NC(=O)c1ccccc1-c1ccnc(Cl)c1F. The first-order valence-electron chi connectivity index (χ1n) is 7.28. The number of primary amides is 1. The van der Waals surface area contributed by atoms with Gasteiger partial charge in [0, 0.05) is 23.2 Å². The maximum absolute atomic E-state index is 13.8. The molecule has 0 unspecified atom stereocenters. The van der Waals surface area contributed by atoms with Crippen LogP contribution < -0.4 is 5.73 Å². The number of pyridine rings is 1. The number of hydrogen-bond donors (Lipinski definition) is 1. The average molecular weight is 357 g/mol. The summed E-state index contributed by atoms with van der Waals surface area (Å²) < 4.78 is 13.8. The predicted molar refractivity (Wildman–Crippen MR) is 93.4 cm³/mol. The molecule has 2 N–H and O–H groups in total. The van der Waals surface area contributed by atoms with Gasteiger partial charge in [-0.3, -0.25) is 4.79 Å². The number of carbonyl (C=O) groups excluding carboxylic acids is 1. The minimum Gasteiger partial charge on any atom is -0.366 e. The zero-order chi connectivity index (χ0) is 17.2. The standard InChI is InChI=1S/C12H8ClFN2O.C5H11Cl/c13-11-10(14)8(5-6-16-11)7-3-1-2-4-9(7)12(15)17;1-2-3-4-5-6/h1-6H,(H2,15,17);2-5H2,1H3. The summed E-state index contributed by atoms with van der Waals surface area (Å²) in [6.07, 6.45) is 5.10. The van der Waals surface area contributed by atoms with Gasteiger partial charge in [-0.25, -0.2) is 9.37 Å². The second kappa shape index (κ2) is 10.2. The summed E-state index contributed by atoms with van der Waals surface area (Å²) in [7, 11) is 0. The zero-order valence-electron chi connectivity index (χ0n) is 12.9. The topological polar surface area (TPSA) is 56.0 Å². The largest absolute Gasteiger partial charge is 0.366 e. The van der Waals surface area contributed by atoms with E-state index in [0.29, 0.717) is 5.56 Å². The second-order valence-corrected chi connectivity index (χ2v) is 5.51. The first kappa shape index (κ1) is 19.4. The van der Waals surface area contributed by atoms with E-state index >= 15 is 0 Å². The van der Waals surface area contributed by atoms with E-state index in [1.165, 1.54) is 37.6 Å². The third-order valence-electron chi connectivity index (χ3n) is 3.07. The summed E-state index contributed by atoms with van der Waals surface area (Å²) in [5, 5.41) is -0.234. The Morgan fingerprint density at radius 3 is 2.48 bits per heavy atom. The van der Waals surface area contributed by atoms with Gasteiger partial charge < -0.3 is 5.73 Å². The number of nitrogens with two attached hydrogens (primary N) is 1. The Morgan fingerprint density at radius 2 is 1.91 bits per heavy atom. The number of alkyl halides is 1. The molecule has 3 nitrogen and oxygen atoms in total. The van der Waals surface area contributed by atoms with Gasteiger partial charge in [-0.05, 0) is 24.1 Å². The molecule has 0 saturated heterocycles. The van der Waals surface area contributed by atoms with Crippen LogP contribution in [0.1, 0.15) is 36.5 Å². The maximum Gasteiger partial charge on any atom is 0.249 e. The number of nitrogens with zero attached hydrogens (tertiary/aromatic N) is 1. The van der Waals surface area contributed by atoms with E-state index in [4.69, 9.17) is 28.9 Å². The summed E-state index contributed by atoms with van der Waals surface area (Å²) >= 11 is 11.0. The average Bonchev–Trinajstić information content (AvgIpc) is 2.56. The van der Waals surface area contributed by atoms with Gasteiger partial charge >= 0.3 is 0 Å². The molecule has 0 aliphatic carbocycles. The Balaban J connectivity index is 0.000000379. The molecule has 0 spiro atoms. The fourth-order valence-corrected chi connectivity index (χ4v) is 2.25. The van der Waals surface area contributed by atoms with Crippen molar-refractivity contribution in [3.63, 3.8) is 0 Å². The molecule has 0 aliphatic rings. The smallest absolute Gasteiger partial charge is 0.249 e. The highest BCUT2D eigenvalue weighted by molar-refractivity contribution is 6.29. The highest BCUT2D eigenvalue weighted by atomic mass is 35.5. The predicted octanol–water partition coefficient (Wildman–Crippen LogP) is 5.06. The third-order valence-corrected chi connectivity index (χ3v) is 3.60. The second-order valence-electron chi connectivity index (χ2n) is 4.77. The fourth-order valence-electron chi connectivity index (χ4n) is 1.90. The summed E-state index contributed by atoms with van der Waals surface area (Å²) in [5.41, 5.74) is 6.09. The normalized spacial score (nSPS) is 9.91. The van der Waals surface area contributed by atoms with E-state index in [9.17, 15) is 9.18 Å². The van der Waals surface area contributed by atoms with Gasteiger partial charge in [0.05, 0.1) is 0 Å². The third kappa shape index (κ3) is 5.81. The van der Waals surface area contributed by atoms with Crippen molar-refractivity contribution in [1.82, 2.24) is 4.98 Å². The van der Waals surface area contributed by atoms with Crippen molar-refractivity contribution in [1.29, 1.82) is 0 Å². The molecule has 0 aliphatic heterocycles. The Kier molecular flexibility index (Phi) is 8.59. The van der Waals surface area contributed by atoms with Gasteiger partial charge in [0.15, 0.2) is 11.0 Å². The van der Waals surface area contributed by atoms with Crippen molar-refractivity contribution in [3.05, 3.63) is 53.1 Å². The number of hydrogen-bond acceptors (Lipinski definition) is 2. The molecule has 0 radical (unpaired) electrons. The van der Waals surface area contributed by atoms with Crippen molar-refractivity contribution in [2.45, 2.75) is 26.2 Å². The molecule has 0 saturated carbocycles. The Bertz CT molecular complexity index is 646. The van der Waals surface area contributed by atoms with Crippen molar-refractivity contribution in [3.8, 4) is 11.1 Å². The first-order valence-corrected chi connectivity index (χ1v) is 8.19. The molecule has 6 heteroatoms. The Labute approximate surface area is 145 Å². The van der Waals surface area contributed by atoms with Crippen LogP contribution in [0.15, 0.2) is 36.5 Å². The molecular formula is C17H19Cl2FN2O. The van der Waals surface area contributed by atoms with Crippen LogP contribution in [0.25, 0.3) is 11.1 Å². The monoisotopic (exact) mass is 356 g/mol. The van der Waals surface area contributed by atoms with E-state index in [0.717, 1.165) is 5.88 Å². The molecule has 2 rings (SSSR count). The molecule has 2 aromatic rings. The molecule has 0 fully saturated rings. The van der Waals surface area contributed by atoms with Gasteiger partial charge in [-0.15, -0.1) is 11.6 Å². The first-order chi connectivity index (χ1) is 11.0. The van der Waals surface area contributed by atoms with Crippen LogP contribution in [-0.2, 0) is 0 Å². The molecular weight excluding hydrogens is 338 g/mol. The number of benzene rings is 1. The van der Waals surface area contributed by atoms with Gasteiger partial charge in [-0.2, -0.15) is 0 Å². The molecule has 1 amide bonds. The highest BCUT2D eigenvalue weighted by Gasteiger charge is 2.14. The van der Waals surface area contributed by atoms with Gasteiger partial charge in [0.1, 0.15) is 0 Å². The molecule has 124 valence electrons. The lowest BCUT2D eigenvalue weighted by Crippen LogP contribution is -2.12. The van der Waals surface area contributed by atoms with Crippen molar-refractivity contribution < 1.29 is 9.18 Å². The molecule has 23 heavy (non-hydrogen) atoms. The van der Waals surface area contributed by atoms with Crippen LogP contribution in [0.5, 0.6) is 0 Å². The lowest BCUT2D eigenvalue weighted by atomic mass is 10.00. The molecule has 0 bridgehead atoms. The Hall–Kier alpha value is -1.65. The van der Waals surface area contributed by atoms with Crippen LogP contribution in [0.4, 0.5) is 4.39 Å². The number of amides is 1. The summed E-state index contributed by atoms with van der Waals surface area (Å²) in [6.45, 7) is 2.17. The summed E-state index contributed by atoms with van der Waals surface area (Å²) in [5.74, 6) is -0.454. The molecule has 1 aromatic carbocycles. The highest BCUT2D eigenvalue weighted by Crippen LogP contribution is 2.28. The summed E-state index contributed by atoms with van der Waals surface area (Å²) in [4.78, 5) is 14.9. The molecule has 1 aromatic heterocycles. The van der Waals surface area contributed by atoms with Crippen LogP contribution in [0, 0.1) is 5.82 Å². The van der Waals surface area contributed by atoms with E-state index < -0.39 is 11.7 Å². The lowest BCUT2D eigenvalue weighted by molar-refractivity contribution is 0.100.